The van der Waals surface area contributed by atoms with Crippen LogP contribution in [0, 0.1) is 0 Å². The number of carbonyl (C=O) groups is 1. The zero-order valence-electron chi connectivity index (χ0n) is 10.3. The predicted octanol–water partition coefficient (Wildman–Crippen LogP) is 3.20. The molecule has 0 atom stereocenters. The van der Waals surface area contributed by atoms with Crippen molar-refractivity contribution in [3.63, 3.8) is 0 Å². The number of Topliss-reactive ketones (excluding diaryl/α,β-unsaturated/α-hetero) is 1. The molecule has 0 unspecified atom stereocenters. The molecule has 0 N–H and O–H groups in total. The topological polar surface area (TPSA) is 34.9 Å². The second-order valence-corrected chi connectivity index (χ2v) is 4.42. The molecule has 0 saturated carbocycles. The molecule has 17 heavy (non-hydrogen) atoms. The summed E-state index contributed by atoms with van der Waals surface area (Å²) in [7, 11) is 0. The molecule has 0 amide bonds. The van der Waals surface area contributed by atoms with E-state index in [4.69, 9.17) is 0 Å². The summed E-state index contributed by atoms with van der Waals surface area (Å²) in [5.74, 6) is 1.44. The third-order valence-corrected chi connectivity index (χ3v) is 2.72. The molecule has 88 valence electrons. The molecule has 0 fully saturated rings. The first-order chi connectivity index (χ1) is 8.09. The van der Waals surface area contributed by atoms with Crippen molar-refractivity contribution in [3.05, 3.63) is 48.0 Å². The van der Waals surface area contributed by atoms with Crippen LogP contribution in [0.1, 0.15) is 42.9 Å². The summed E-state index contributed by atoms with van der Waals surface area (Å²) in [4.78, 5) is 15.7. The maximum atomic E-state index is 11.4. The molecule has 0 spiro atoms. The molecule has 0 saturated heterocycles. The van der Waals surface area contributed by atoms with Gasteiger partial charge in [-0.1, -0.05) is 26.0 Å². The Morgan fingerprint density at radius 3 is 2.76 bits per heavy atom. The van der Waals surface area contributed by atoms with Gasteiger partial charge in [0, 0.05) is 29.6 Å². The quantitative estimate of drug-likeness (QED) is 0.756. The van der Waals surface area contributed by atoms with Gasteiger partial charge in [0.1, 0.15) is 5.82 Å². The van der Waals surface area contributed by atoms with Crippen LogP contribution in [-0.2, 0) is 0 Å². The molecule has 0 aliphatic heterocycles. The Labute approximate surface area is 101 Å². The number of hydrogen-bond acceptors (Lipinski definition) is 2. The Morgan fingerprint density at radius 2 is 2.12 bits per heavy atom. The van der Waals surface area contributed by atoms with Crippen LogP contribution in [0.2, 0.25) is 0 Å². The smallest absolute Gasteiger partial charge is 0.159 e. The normalized spacial score (nSPS) is 10.8. The van der Waals surface area contributed by atoms with Gasteiger partial charge in [0.15, 0.2) is 5.78 Å². The second kappa shape index (κ2) is 4.53. The van der Waals surface area contributed by atoms with E-state index in [1.807, 2.05) is 35.0 Å². The molecular weight excluding hydrogens is 212 g/mol. The summed E-state index contributed by atoms with van der Waals surface area (Å²) in [6.07, 6.45) is 3.71. The largest absolute Gasteiger partial charge is 0.304 e. The van der Waals surface area contributed by atoms with Gasteiger partial charge >= 0.3 is 0 Å². The monoisotopic (exact) mass is 228 g/mol. The van der Waals surface area contributed by atoms with Crippen molar-refractivity contribution in [2.75, 3.05) is 0 Å². The van der Waals surface area contributed by atoms with Gasteiger partial charge in [0.2, 0.25) is 0 Å². The molecular formula is C14H16N2O. The number of hydrogen-bond donors (Lipinski definition) is 0. The van der Waals surface area contributed by atoms with Crippen molar-refractivity contribution in [1.82, 2.24) is 9.55 Å². The Morgan fingerprint density at radius 1 is 1.35 bits per heavy atom. The van der Waals surface area contributed by atoms with Crippen LogP contribution < -0.4 is 0 Å². The Balaban J connectivity index is 2.49. The highest BCUT2D eigenvalue weighted by Gasteiger charge is 2.09. The lowest BCUT2D eigenvalue weighted by molar-refractivity contribution is 0.101. The van der Waals surface area contributed by atoms with Crippen LogP contribution in [0.5, 0.6) is 0 Å². The highest BCUT2D eigenvalue weighted by atomic mass is 16.1. The lowest BCUT2D eigenvalue weighted by atomic mass is 10.1. The number of benzene rings is 1. The molecule has 1 heterocycles. The van der Waals surface area contributed by atoms with Crippen molar-refractivity contribution in [1.29, 1.82) is 0 Å². The Bertz CT molecular complexity index is 541. The van der Waals surface area contributed by atoms with Crippen molar-refractivity contribution < 1.29 is 4.79 Å². The number of carbonyl (C=O) groups excluding carboxylic acids is 1. The average molecular weight is 228 g/mol. The van der Waals surface area contributed by atoms with Crippen LogP contribution in [-0.4, -0.2) is 15.3 Å². The SMILES string of the molecule is CC(=O)c1cccc(-n2ccnc2C(C)C)c1. The van der Waals surface area contributed by atoms with E-state index in [2.05, 4.69) is 18.8 Å². The minimum atomic E-state index is 0.0815. The zero-order chi connectivity index (χ0) is 12.4. The van der Waals surface area contributed by atoms with E-state index in [9.17, 15) is 4.79 Å². The van der Waals surface area contributed by atoms with Crippen LogP contribution in [0.4, 0.5) is 0 Å². The van der Waals surface area contributed by atoms with Crippen LogP contribution >= 0.6 is 0 Å². The van der Waals surface area contributed by atoms with Crippen molar-refractivity contribution in [3.8, 4) is 5.69 Å². The molecule has 2 rings (SSSR count). The zero-order valence-corrected chi connectivity index (χ0v) is 10.3. The minimum absolute atomic E-state index is 0.0815. The first kappa shape index (κ1) is 11.6. The molecule has 3 heteroatoms. The van der Waals surface area contributed by atoms with Gasteiger partial charge in [-0.3, -0.25) is 4.79 Å². The standard InChI is InChI=1S/C14H16N2O/c1-10(2)14-15-7-8-16(14)13-6-4-5-12(9-13)11(3)17/h4-10H,1-3H3. The van der Waals surface area contributed by atoms with Gasteiger partial charge in [0.25, 0.3) is 0 Å². The van der Waals surface area contributed by atoms with E-state index >= 15 is 0 Å². The van der Waals surface area contributed by atoms with E-state index in [-0.39, 0.29) is 5.78 Å². The fraction of sp³-hybridized carbons (Fsp3) is 0.286. The van der Waals surface area contributed by atoms with E-state index < -0.39 is 0 Å². The molecule has 1 aromatic heterocycles. The van der Waals surface area contributed by atoms with Gasteiger partial charge in [-0.05, 0) is 19.1 Å². The fourth-order valence-corrected chi connectivity index (χ4v) is 1.84. The van der Waals surface area contributed by atoms with Crippen LogP contribution in [0.15, 0.2) is 36.7 Å². The average Bonchev–Trinajstić information content (AvgIpc) is 2.78. The highest BCUT2D eigenvalue weighted by Crippen LogP contribution is 2.18. The summed E-state index contributed by atoms with van der Waals surface area (Å²) in [6.45, 7) is 5.79. The summed E-state index contributed by atoms with van der Waals surface area (Å²) in [5, 5.41) is 0. The number of nitrogens with zero attached hydrogens (tertiary/aromatic N) is 2. The second-order valence-electron chi connectivity index (χ2n) is 4.42. The number of aromatic nitrogens is 2. The Hall–Kier alpha value is -1.90. The molecule has 0 radical (unpaired) electrons. The van der Waals surface area contributed by atoms with E-state index in [1.54, 1.807) is 13.1 Å². The van der Waals surface area contributed by atoms with E-state index in [0.717, 1.165) is 17.1 Å². The maximum absolute atomic E-state index is 11.4. The van der Waals surface area contributed by atoms with E-state index in [0.29, 0.717) is 5.92 Å². The molecule has 0 aliphatic rings. The van der Waals surface area contributed by atoms with Gasteiger partial charge < -0.3 is 4.57 Å². The molecule has 1 aromatic carbocycles. The maximum Gasteiger partial charge on any atom is 0.159 e. The fourth-order valence-electron chi connectivity index (χ4n) is 1.84. The van der Waals surface area contributed by atoms with Crippen molar-refractivity contribution in [2.24, 2.45) is 0 Å². The van der Waals surface area contributed by atoms with Crippen LogP contribution in [0.3, 0.4) is 0 Å². The molecule has 0 aliphatic carbocycles. The van der Waals surface area contributed by atoms with Crippen molar-refractivity contribution >= 4 is 5.78 Å². The third kappa shape index (κ3) is 2.28. The van der Waals surface area contributed by atoms with Gasteiger partial charge in [-0.15, -0.1) is 0 Å². The summed E-state index contributed by atoms with van der Waals surface area (Å²) in [5.41, 5.74) is 1.71. The van der Waals surface area contributed by atoms with Gasteiger partial charge in [0.05, 0.1) is 0 Å². The lowest BCUT2D eigenvalue weighted by Crippen LogP contribution is -2.03. The third-order valence-electron chi connectivity index (χ3n) is 2.72. The summed E-state index contributed by atoms with van der Waals surface area (Å²) in [6, 6.07) is 7.61. The summed E-state index contributed by atoms with van der Waals surface area (Å²) < 4.78 is 2.02. The lowest BCUT2D eigenvalue weighted by Gasteiger charge is -2.10. The van der Waals surface area contributed by atoms with Gasteiger partial charge in [-0.2, -0.15) is 0 Å². The highest BCUT2D eigenvalue weighted by molar-refractivity contribution is 5.94. The predicted molar refractivity (Wildman–Crippen MR) is 67.7 cm³/mol. The Kier molecular flexibility index (Phi) is 3.09. The van der Waals surface area contributed by atoms with Crippen LogP contribution in [0.25, 0.3) is 5.69 Å². The summed E-state index contributed by atoms with van der Waals surface area (Å²) >= 11 is 0. The first-order valence-corrected chi connectivity index (χ1v) is 5.74. The number of ketones is 1. The van der Waals surface area contributed by atoms with E-state index in [1.165, 1.54) is 0 Å². The molecule has 2 aromatic rings. The molecule has 0 bridgehead atoms. The minimum Gasteiger partial charge on any atom is -0.304 e. The molecule has 3 nitrogen and oxygen atoms in total. The van der Waals surface area contributed by atoms with Gasteiger partial charge in [-0.25, -0.2) is 4.98 Å². The van der Waals surface area contributed by atoms with Crippen molar-refractivity contribution in [2.45, 2.75) is 26.7 Å². The number of imidazole rings is 1. The number of rotatable bonds is 3. The first-order valence-electron chi connectivity index (χ1n) is 5.74.